The van der Waals surface area contributed by atoms with E-state index < -0.39 is 0 Å². The molecule has 0 bridgehead atoms. The van der Waals surface area contributed by atoms with Crippen LogP contribution in [0.25, 0.3) is 0 Å². The van der Waals surface area contributed by atoms with Gasteiger partial charge in [0.25, 0.3) is 0 Å². The lowest BCUT2D eigenvalue weighted by molar-refractivity contribution is 0.109. The molecular weight excluding hydrogens is 334 g/mol. The molecule has 0 amide bonds. The molecule has 1 fully saturated rings. The van der Waals surface area contributed by atoms with Gasteiger partial charge in [0.1, 0.15) is 0 Å². The van der Waals surface area contributed by atoms with Gasteiger partial charge in [-0.05, 0) is 42.7 Å². The first-order valence-electron chi connectivity index (χ1n) is 6.93. The van der Waals surface area contributed by atoms with E-state index in [4.69, 9.17) is 4.74 Å². The Bertz CT molecular complexity index is 565. The summed E-state index contributed by atoms with van der Waals surface area (Å²) in [7, 11) is 0. The average molecular weight is 352 g/mol. The van der Waals surface area contributed by atoms with Crippen LogP contribution in [0.4, 0.5) is 0 Å². The van der Waals surface area contributed by atoms with E-state index in [1.165, 1.54) is 28.2 Å². The summed E-state index contributed by atoms with van der Waals surface area (Å²) < 4.78 is 6.88. The first-order chi connectivity index (χ1) is 9.79. The van der Waals surface area contributed by atoms with Crippen molar-refractivity contribution >= 4 is 27.3 Å². The van der Waals surface area contributed by atoms with Gasteiger partial charge in [-0.3, -0.25) is 0 Å². The minimum absolute atomic E-state index is 0.660. The summed E-state index contributed by atoms with van der Waals surface area (Å²) in [5.74, 6) is 0. The highest BCUT2D eigenvalue weighted by molar-refractivity contribution is 9.10. The van der Waals surface area contributed by atoms with Crippen LogP contribution < -0.4 is 5.32 Å². The van der Waals surface area contributed by atoms with E-state index in [9.17, 15) is 0 Å². The third-order valence-electron chi connectivity index (χ3n) is 3.26. The predicted octanol–water partition coefficient (Wildman–Crippen LogP) is 4.48. The molecule has 2 aromatic rings. The lowest BCUT2D eigenvalue weighted by Gasteiger charge is -2.03. The van der Waals surface area contributed by atoms with Gasteiger partial charge in [0.15, 0.2) is 0 Å². The summed E-state index contributed by atoms with van der Waals surface area (Å²) in [5, 5.41) is 3.54. The molecule has 106 valence electrons. The van der Waals surface area contributed by atoms with Gasteiger partial charge in [0.05, 0.1) is 13.2 Å². The van der Waals surface area contributed by atoms with Crippen molar-refractivity contribution in [3.05, 3.63) is 56.2 Å². The van der Waals surface area contributed by atoms with Gasteiger partial charge in [-0.15, -0.1) is 11.3 Å². The Balaban J connectivity index is 1.43. The molecule has 0 unspecified atom stereocenters. The highest BCUT2D eigenvalue weighted by atomic mass is 79.9. The van der Waals surface area contributed by atoms with Crippen molar-refractivity contribution in [1.29, 1.82) is 0 Å². The molecule has 1 aromatic carbocycles. The van der Waals surface area contributed by atoms with Crippen LogP contribution in [0.5, 0.6) is 0 Å². The first kappa shape index (κ1) is 14.3. The minimum Gasteiger partial charge on any atom is -0.371 e. The molecule has 1 aliphatic rings. The van der Waals surface area contributed by atoms with Gasteiger partial charge in [-0.2, -0.15) is 0 Å². The van der Waals surface area contributed by atoms with E-state index in [-0.39, 0.29) is 0 Å². The van der Waals surface area contributed by atoms with Gasteiger partial charge < -0.3 is 10.1 Å². The van der Waals surface area contributed by atoms with Crippen LogP contribution in [0, 0.1) is 0 Å². The Kier molecular flexibility index (Phi) is 4.89. The van der Waals surface area contributed by atoms with Crippen LogP contribution in [0.15, 0.2) is 40.9 Å². The molecule has 0 spiro atoms. The van der Waals surface area contributed by atoms with Crippen molar-refractivity contribution < 1.29 is 4.74 Å². The Morgan fingerprint density at radius 1 is 1.15 bits per heavy atom. The fourth-order valence-corrected chi connectivity index (χ4v) is 3.38. The normalized spacial score (nSPS) is 14.7. The number of halogens is 1. The fourth-order valence-electron chi connectivity index (χ4n) is 2.02. The molecule has 1 heterocycles. The van der Waals surface area contributed by atoms with E-state index in [2.05, 4.69) is 45.5 Å². The first-order valence-corrected chi connectivity index (χ1v) is 8.54. The monoisotopic (exact) mass is 351 g/mol. The Morgan fingerprint density at radius 3 is 2.80 bits per heavy atom. The molecule has 1 saturated carbocycles. The van der Waals surface area contributed by atoms with Crippen molar-refractivity contribution in [2.45, 2.75) is 38.6 Å². The maximum absolute atomic E-state index is 5.78. The van der Waals surface area contributed by atoms with Crippen molar-refractivity contribution in [3.63, 3.8) is 0 Å². The zero-order valence-electron chi connectivity index (χ0n) is 11.3. The molecule has 20 heavy (non-hydrogen) atoms. The van der Waals surface area contributed by atoms with Gasteiger partial charge in [-0.1, -0.05) is 28.1 Å². The molecular formula is C16H18BrNOS. The van der Waals surface area contributed by atoms with E-state index in [0.717, 1.165) is 17.1 Å². The second-order valence-electron chi connectivity index (χ2n) is 5.15. The number of ether oxygens (including phenoxy) is 1. The second-order valence-corrected chi connectivity index (χ2v) is 7.31. The van der Waals surface area contributed by atoms with Crippen LogP contribution in [-0.4, -0.2) is 6.04 Å². The zero-order chi connectivity index (χ0) is 13.8. The van der Waals surface area contributed by atoms with Crippen LogP contribution in [0.3, 0.4) is 0 Å². The van der Waals surface area contributed by atoms with Crippen LogP contribution in [0.2, 0.25) is 0 Å². The highest BCUT2D eigenvalue weighted by Gasteiger charge is 2.20. The smallest absolute Gasteiger partial charge is 0.0814 e. The minimum atomic E-state index is 0.660. The van der Waals surface area contributed by atoms with Crippen molar-refractivity contribution in [3.8, 4) is 0 Å². The summed E-state index contributed by atoms with van der Waals surface area (Å²) in [6.45, 7) is 2.36. The summed E-state index contributed by atoms with van der Waals surface area (Å²) >= 11 is 5.32. The van der Waals surface area contributed by atoms with Crippen molar-refractivity contribution in [2.75, 3.05) is 0 Å². The molecule has 0 saturated heterocycles. The Labute approximate surface area is 132 Å². The number of hydrogen-bond donors (Lipinski definition) is 1. The van der Waals surface area contributed by atoms with E-state index in [1.54, 1.807) is 0 Å². The Hall–Kier alpha value is -0.680. The highest BCUT2D eigenvalue weighted by Crippen LogP contribution is 2.22. The molecule has 0 atom stereocenters. The summed E-state index contributed by atoms with van der Waals surface area (Å²) in [5.41, 5.74) is 1.20. The quantitative estimate of drug-likeness (QED) is 0.793. The van der Waals surface area contributed by atoms with Gasteiger partial charge >= 0.3 is 0 Å². The molecule has 1 aliphatic carbocycles. The van der Waals surface area contributed by atoms with Gasteiger partial charge in [0.2, 0.25) is 0 Å². The zero-order valence-corrected chi connectivity index (χ0v) is 13.7. The van der Waals surface area contributed by atoms with Crippen LogP contribution >= 0.6 is 27.3 Å². The third kappa shape index (κ3) is 4.42. The fraction of sp³-hybridized carbons (Fsp3) is 0.375. The molecule has 2 nitrogen and oxygen atoms in total. The van der Waals surface area contributed by atoms with Crippen molar-refractivity contribution in [1.82, 2.24) is 5.32 Å². The largest absolute Gasteiger partial charge is 0.371 e. The molecule has 1 aromatic heterocycles. The van der Waals surface area contributed by atoms with E-state index in [1.807, 2.05) is 23.5 Å². The molecule has 1 N–H and O–H groups in total. The topological polar surface area (TPSA) is 21.3 Å². The average Bonchev–Trinajstić information content (AvgIpc) is 3.16. The van der Waals surface area contributed by atoms with Crippen molar-refractivity contribution in [2.24, 2.45) is 0 Å². The lowest BCUT2D eigenvalue weighted by atomic mass is 10.2. The molecule has 3 rings (SSSR count). The third-order valence-corrected chi connectivity index (χ3v) is 4.81. The Morgan fingerprint density at radius 2 is 2.00 bits per heavy atom. The maximum atomic E-state index is 5.78. The number of benzene rings is 1. The molecule has 0 radical (unpaired) electrons. The number of hydrogen-bond acceptors (Lipinski definition) is 3. The lowest BCUT2D eigenvalue weighted by Crippen LogP contribution is -2.14. The summed E-state index contributed by atoms with van der Waals surface area (Å²) in [4.78, 5) is 2.70. The predicted molar refractivity (Wildman–Crippen MR) is 86.8 cm³/mol. The number of nitrogens with one attached hydrogen (secondary N) is 1. The molecule has 0 aliphatic heterocycles. The van der Waals surface area contributed by atoms with Crippen LogP contribution in [0.1, 0.15) is 28.2 Å². The van der Waals surface area contributed by atoms with Gasteiger partial charge in [-0.25, -0.2) is 0 Å². The maximum Gasteiger partial charge on any atom is 0.0814 e. The van der Waals surface area contributed by atoms with Crippen LogP contribution in [-0.2, 0) is 24.5 Å². The SMILES string of the molecule is Brc1cccc(COCc2ccc(CNC3CC3)s2)c1. The summed E-state index contributed by atoms with van der Waals surface area (Å²) in [6, 6.07) is 13.4. The number of rotatable bonds is 7. The number of thiophene rings is 1. The standard InChI is InChI=1S/C16H18BrNOS/c17-13-3-1-2-12(8-13)10-19-11-16-7-6-15(20-16)9-18-14-4-5-14/h1-3,6-8,14,18H,4-5,9-11H2. The van der Waals surface area contributed by atoms with E-state index in [0.29, 0.717) is 13.2 Å². The molecule has 4 heteroatoms. The summed E-state index contributed by atoms with van der Waals surface area (Å²) in [6.07, 6.45) is 2.68. The van der Waals surface area contributed by atoms with Gasteiger partial charge in [0, 0.05) is 26.8 Å². The van der Waals surface area contributed by atoms with E-state index >= 15 is 0 Å². The second kappa shape index (κ2) is 6.85.